The lowest BCUT2D eigenvalue weighted by Crippen LogP contribution is -2.52. The van der Waals surface area contributed by atoms with Gasteiger partial charge in [0.1, 0.15) is 0 Å². The summed E-state index contributed by atoms with van der Waals surface area (Å²) in [6.07, 6.45) is 2.78. The zero-order valence-electron chi connectivity index (χ0n) is 9.47. The summed E-state index contributed by atoms with van der Waals surface area (Å²) in [5.74, 6) is 0.106. The van der Waals surface area contributed by atoms with Gasteiger partial charge in [-0.3, -0.25) is 4.79 Å². The van der Waals surface area contributed by atoms with E-state index in [4.69, 9.17) is 4.74 Å². The molecule has 0 aliphatic carbocycles. The average Bonchev–Trinajstić information content (AvgIpc) is 2.64. The van der Waals surface area contributed by atoms with Gasteiger partial charge in [0.25, 0.3) is 0 Å². The van der Waals surface area contributed by atoms with E-state index in [1.165, 1.54) is 0 Å². The van der Waals surface area contributed by atoms with Crippen LogP contribution in [0.4, 0.5) is 0 Å². The minimum absolute atomic E-state index is 0. The molecular formula is C10H21ClN2O2. The van der Waals surface area contributed by atoms with Crippen molar-refractivity contribution in [2.24, 2.45) is 0 Å². The lowest BCUT2D eigenvalue weighted by atomic mass is 9.98. The molecular weight excluding hydrogens is 216 g/mol. The van der Waals surface area contributed by atoms with Crippen LogP contribution in [0.3, 0.4) is 0 Å². The van der Waals surface area contributed by atoms with Crippen LogP contribution in [0.2, 0.25) is 0 Å². The zero-order chi connectivity index (χ0) is 10.4. The monoisotopic (exact) mass is 236 g/mol. The number of hydrogen-bond acceptors (Lipinski definition) is 3. The molecule has 15 heavy (non-hydrogen) atoms. The van der Waals surface area contributed by atoms with E-state index >= 15 is 0 Å². The summed E-state index contributed by atoms with van der Waals surface area (Å²) in [4.78, 5) is 11.1. The van der Waals surface area contributed by atoms with Crippen molar-refractivity contribution >= 4 is 18.3 Å². The first kappa shape index (κ1) is 14.7. The van der Waals surface area contributed by atoms with E-state index in [1.54, 1.807) is 7.11 Å². The molecule has 0 aromatic heterocycles. The number of rotatable bonds is 5. The molecule has 1 unspecified atom stereocenters. The number of halogens is 1. The van der Waals surface area contributed by atoms with Gasteiger partial charge in [-0.05, 0) is 19.4 Å². The first-order chi connectivity index (χ1) is 6.72. The highest BCUT2D eigenvalue weighted by Gasteiger charge is 2.33. The van der Waals surface area contributed by atoms with Crippen LogP contribution in [0.15, 0.2) is 0 Å². The topological polar surface area (TPSA) is 50.4 Å². The summed E-state index contributed by atoms with van der Waals surface area (Å²) >= 11 is 0. The molecule has 0 saturated carbocycles. The average molecular weight is 237 g/mol. The summed E-state index contributed by atoms with van der Waals surface area (Å²) in [5.41, 5.74) is -0.0282. The second-order valence-electron chi connectivity index (χ2n) is 3.87. The third kappa shape index (κ3) is 4.36. The van der Waals surface area contributed by atoms with Crippen LogP contribution in [0.5, 0.6) is 0 Å². The molecule has 0 aromatic carbocycles. The Labute approximate surface area is 97.5 Å². The number of amides is 1. The molecule has 1 amide bonds. The standard InChI is InChI=1S/C10H20N2O2.ClH/c1-3-9(13)11-7-10(8-14-2)5-4-6-12-10;/h12H,3-8H2,1-2H3,(H,11,13);1H. The van der Waals surface area contributed by atoms with Crippen molar-refractivity contribution in [1.82, 2.24) is 10.6 Å². The largest absolute Gasteiger partial charge is 0.383 e. The molecule has 1 heterocycles. The second kappa shape index (κ2) is 7.04. The number of hydrogen-bond donors (Lipinski definition) is 2. The Balaban J connectivity index is 0.00000196. The molecule has 0 aromatic rings. The Kier molecular flexibility index (Phi) is 6.89. The van der Waals surface area contributed by atoms with Gasteiger partial charge in [-0.15, -0.1) is 12.4 Å². The molecule has 5 heteroatoms. The molecule has 90 valence electrons. The van der Waals surface area contributed by atoms with Gasteiger partial charge in [0.05, 0.1) is 12.1 Å². The molecule has 0 radical (unpaired) electrons. The van der Waals surface area contributed by atoms with Crippen LogP contribution in [0.25, 0.3) is 0 Å². The first-order valence-electron chi connectivity index (χ1n) is 5.23. The predicted octanol–water partition coefficient (Wildman–Crippen LogP) is 0.703. The summed E-state index contributed by atoms with van der Waals surface area (Å²) in [7, 11) is 1.70. The summed E-state index contributed by atoms with van der Waals surface area (Å²) in [5, 5.41) is 6.33. The number of ether oxygens (including phenoxy) is 1. The van der Waals surface area contributed by atoms with E-state index in [0.717, 1.165) is 19.4 Å². The van der Waals surface area contributed by atoms with Gasteiger partial charge in [-0.1, -0.05) is 6.92 Å². The lowest BCUT2D eigenvalue weighted by Gasteiger charge is -2.28. The van der Waals surface area contributed by atoms with Crippen molar-refractivity contribution in [3.05, 3.63) is 0 Å². The Bertz CT molecular complexity index is 194. The molecule has 1 rings (SSSR count). The summed E-state index contributed by atoms with van der Waals surface area (Å²) in [6.45, 7) is 4.22. The van der Waals surface area contributed by atoms with Crippen molar-refractivity contribution < 1.29 is 9.53 Å². The summed E-state index contributed by atoms with van der Waals surface area (Å²) < 4.78 is 5.18. The minimum Gasteiger partial charge on any atom is -0.383 e. The molecule has 1 aliphatic rings. The van der Waals surface area contributed by atoms with Gasteiger partial charge in [-0.2, -0.15) is 0 Å². The van der Waals surface area contributed by atoms with Crippen LogP contribution in [0.1, 0.15) is 26.2 Å². The molecule has 0 bridgehead atoms. The van der Waals surface area contributed by atoms with Crippen LogP contribution in [-0.4, -0.2) is 38.3 Å². The Morgan fingerprint density at radius 2 is 2.33 bits per heavy atom. The lowest BCUT2D eigenvalue weighted by molar-refractivity contribution is -0.121. The van der Waals surface area contributed by atoms with Gasteiger partial charge in [0.15, 0.2) is 0 Å². The molecule has 2 N–H and O–H groups in total. The molecule has 1 aliphatic heterocycles. The maximum Gasteiger partial charge on any atom is 0.219 e. The fourth-order valence-corrected chi connectivity index (χ4v) is 1.86. The van der Waals surface area contributed by atoms with Crippen LogP contribution in [-0.2, 0) is 9.53 Å². The SMILES string of the molecule is CCC(=O)NCC1(COC)CCCN1.Cl. The Morgan fingerprint density at radius 1 is 1.60 bits per heavy atom. The van der Waals surface area contributed by atoms with Crippen molar-refractivity contribution in [3.63, 3.8) is 0 Å². The summed E-state index contributed by atoms with van der Waals surface area (Å²) in [6, 6.07) is 0. The maximum atomic E-state index is 11.1. The molecule has 1 atom stereocenters. The van der Waals surface area contributed by atoms with E-state index in [1.807, 2.05) is 6.92 Å². The van der Waals surface area contributed by atoms with Crippen LogP contribution >= 0.6 is 12.4 Å². The van der Waals surface area contributed by atoms with Gasteiger partial charge in [0.2, 0.25) is 5.91 Å². The Hall–Kier alpha value is -0.320. The quantitative estimate of drug-likeness (QED) is 0.739. The van der Waals surface area contributed by atoms with Gasteiger partial charge < -0.3 is 15.4 Å². The van der Waals surface area contributed by atoms with Crippen molar-refractivity contribution in [1.29, 1.82) is 0 Å². The normalized spacial score (nSPS) is 24.7. The first-order valence-corrected chi connectivity index (χ1v) is 5.23. The molecule has 0 spiro atoms. The van der Waals surface area contributed by atoms with Crippen LogP contribution in [0, 0.1) is 0 Å². The highest BCUT2D eigenvalue weighted by Crippen LogP contribution is 2.18. The number of methoxy groups -OCH3 is 1. The number of carbonyl (C=O) groups is 1. The third-order valence-electron chi connectivity index (χ3n) is 2.70. The number of nitrogens with one attached hydrogen (secondary N) is 2. The fraction of sp³-hybridized carbons (Fsp3) is 0.900. The fourth-order valence-electron chi connectivity index (χ4n) is 1.86. The van der Waals surface area contributed by atoms with Crippen LogP contribution < -0.4 is 10.6 Å². The highest BCUT2D eigenvalue weighted by molar-refractivity contribution is 5.85. The molecule has 4 nitrogen and oxygen atoms in total. The maximum absolute atomic E-state index is 11.1. The zero-order valence-corrected chi connectivity index (χ0v) is 10.3. The van der Waals surface area contributed by atoms with E-state index in [9.17, 15) is 4.79 Å². The van der Waals surface area contributed by atoms with E-state index in [2.05, 4.69) is 10.6 Å². The highest BCUT2D eigenvalue weighted by atomic mass is 35.5. The van der Waals surface area contributed by atoms with Gasteiger partial charge >= 0.3 is 0 Å². The van der Waals surface area contributed by atoms with E-state index in [0.29, 0.717) is 19.6 Å². The van der Waals surface area contributed by atoms with E-state index < -0.39 is 0 Å². The van der Waals surface area contributed by atoms with Gasteiger partial charge in [-0.25, -0.2) is 0 Å². The molecule has 1 fully saturated rings. The molecule has 1 saturated heterocycles. The predicted molar refractivity (Wildman–Crippen MR) is 62.4 cm³/mol. The number of carbonyl (C=O) groups excluding carboxylic acids is 1. The van der Waals surface area contributed by atoms with Crippen molar-refractivity contribution in [2.45, 2.75) is 31.7 Å². The van der Waals surface area contributed by atoms with Gasteiger partial charge in [0, 0.05) is 20.1 Å². The third-order valence-corrected chi connectivity index (χ3v) is 2.70. The smallest absolute Gasteiger partial charge is 0.219 e. The Morgan fingerprint density at radius 3 is 2.80 bits per heavy atom. The van der Waals surface area contributed by atoms with Crippen molar-refractivity contribution in [3.8, 4) is 0 Å². The van der Waals surface area contributed by atoms with Crippen molar-refractivity contribution in [2.75, 3.05) is 26.8 Å². The van der Waals surface area contributed by atoms with E-state index in [-0.39, 0.29) is 23.9 Å². The minimum atomic E-state index is -0.0282. The second-order valence-corrected chi connectivity index (χ2v) is 3.87.